The zero-order valence-corrected chi connectivity index (χ0v) is 12.2. The van der Waals surface area contributed by atoms with Crippen LogP contribution in [0.5, 0.6) is 0 Å². The molecule has 1 aliphatic rings. The van der Waals surface area contributed by atoms with Gasteiger partial charge in [0.25, 0.3) is 0 Å². The molecule has 1 aliphatic heterocycles. The summed E-state index contributed by atoms with van der Waals surface area (Å²) in [6, 6.07) is 12.6. The molecule has 0 unspecified atom stereocenters. The quantitative estimate of drug-likeness (QED) is 0.927. The van der Waals surface area contributed by atoms with E-state index < -0.39 is 0 Å². The lowest BCUT2D eigenvalue weighted by atomic mass is 10.1. The van der Waals surface area contributed by atoms with Crippen LogP contribution >= 0.6 is 0 Å². The van der Waals surface area contributed by atoms with Gasteiger partial charge in [0.1, 0.15) is 0 Å². The molecule has 1 aromatic carbocycles. The van der Waals surface area contributed by atoms with Crippen LogP contribution in [-0.4, -0.2) is 34.2 Å². The zero-order chi connectivity index (χ0) is 14.7. The predicted octanol–water partition coefficient (Wildman–Crippen LogP) is 1.58. The normalized spacial score (nSPS) is 18.2. The van der Waals surface area contributed by atoms with E-state index in [1.165, 1.54) is 11.3 Å². The van der Waals surface area contributed by atoms with Crippen molar-refractivity contribution in [2.75, 3.05) is 13.6 Å². The lowest BCUT2D eigenvalue weighted by Crippen LogP contribution is -2.39. The number of carbonyl (C=O) groups is 1. The number of nitrogens with one attached hydrogen (secondary N) is 1. The minimum Gasteiger partial charge on any atom is -0.359 e. The zero-order valence-electron chi connectivity index (χ0n) is 12.2. The van der Waals surface area contributed by atoms with Crippen LogP contribution in [0.25, 0.3) is 0 Å². The molecule has 5 nitrogen and oxygen atoms in total. The van der Waals surface area contributed by atoms with Gasteiger partial charge in [-0.2, -0.15) is 5.10 Å². The van der Waals surface area contributed by atoms with Gasteiger partial charge < -0.3 is 5.32 Å². The van der Waals surface area contributed by atoms with Gasteiger partial charge >= 0.3 is 0 Å². The van der Waals surface area contributed by atoms with Crippen molar-refractivity contribution in [3.05, 3.63) is 53.9 Å². The number of nitrogens with zero attached hydrogens (tertiary/aromatic N) is 3. The molecule has 1 amide bonds. The number of carbonyl (C=O) groups excluding carboxylic acids is 1. The average Bonchev–Trinajstić information content (AvgIpc) is 2.97. The maximum atomic E-state index is 11.7. The van der Waals surface area contributed by atoms with Crippen molar-refractivity contribution in [1.82, 2.24) is 20.0 Å². The fourth-order valence-electron chi connectivity index (χ4n) is 2.89. The Hall–Kier alpha value is -2.14. The predicted molar refractivity (Wildman–Crippen MR) is 80.5 cm³/mol. The highest BCUT2D eigenvalue weighted by atomic mass is 16.1. The Morgan fingerprint density at radius 1 is 1.33 bits per heavy atom. The topological polar surface area (TPSA) is 50.2 Å². The van der Waals surface area contributed by atoms with E-state index in [9.17, 15) is 4.79 Å². The molecule has 0 saturated heterocycles. The molecule has 0 saturated carbocycles. The Morgan fingerprint density at radius 3 is 2.90 bits per heavy atom. The fourth-order valence-corrected chi connectivity index (χ4v) is 2.89. The number of amides is 1. The van der Waals surface area contributed by atoms with E-state index in [1.807, 2.05) is 23.0 Å². The molecule has 2 aromatic rings. The Kier molecular flexibility index (Phi) is 4.01. The fraction of sp³-hybridized carbons (Fsp3) is 0.375. The molecule has 5 heteroatoms. The maximum absolute atomic E-state index is 11.7. The second kappa shape index (κ2) is 6.10. The molecule has 110 valence electrons. The van der Waals surface area contributed by atoms with E-state index in [1.54, 1.807) is 7.05 Å². The van der Waals surface area contributed by atoms with Crippen LogP contribution < -0.4 is 5.32 Å². The molecular formula is C16H20N4O. The van der Waals surface area contributed by atoms with E-state index in [0.29, 0.717) is 6.42 Å². The van der Waals surface area contributed by atoms with Crippen LogP contribution in [0.15, 0.2) is 42.6 Å². The summed E-state index contributed by atoms with van der Waals surface area (Å²) in [6.45, 7) is 2.62. The van der Waals surface area contributed by atoms with Gasteiger partial charge in [-0.05, 0) is 11.6 Å². The Labute approximate surface area is 124 Å². The van der Waals surface area contributed by atoms with Gasteiger partial charge in [0.2, 0.25) is 5.91 Å². The van der Waals surface area contributed by atoms with Gasteiger partial charge in [-0.25, -0.2) is 0 Å². The van der Waals surface area contributed by atoms with Crippen LogP contribution in [0.3, 0.4) is 0 Å². The molecule has 1 N–H and O–H groups in total. The molecular weight excluding hydrogens is 264 g/mol. The first-order valence-corrected chi connectivity index (χ1v) is 7.25. The van der Waals surface area contributed by atoms with Crippen molar-refractivity contribution in [3.63, 3.8) is 0 Å². The summed E-state index contributed by atoms with van der Waals surface area (Å²) in [5.74, 6) is 0.0583. The monoisotopic (exact) mass is 284 g/mol. The molecule has 0 bridgehead atoms. The van der Waals surface area contributed by atoms with Crippen LogP contribution in [0, 0.1) is 0 Å². The second-order valence-electron chi connectivity index (χ2n) is 5.45. The molecule has 3 rings (SSSR count). The second-order valence-corrected chi connectivity index (χ2v) is 5.45. The Balaban J connectivity index is 1.75. The molecule has 0 fully saturated rings. The Bertz CT molecular complexity index is 608. The highest BCUT2D eigenvalue weighted by Gasteiger charge is 2.27. The summed E-state index contributed by atoms with van der Waals surface area (Å²) in [5, 5.41) is 7.08. The van der Waals surface area contributed by atoms with E-state index >= 15 is 0 Å². The molecule has 0 radical (unpaired) electrons. The lowest BCUT2D eigenvalue weighted by molar-refractivity contribution is -0.121. The number of rotatable bonds is 4. The SMILES string of the molecule is CNC(=O)C[C@H]1CN(Cc2ccccc2)Cc2ccnn21. The average molecular weight is 284 g/mol. The standard InChI is InChI=1S/C16H20N4O/c1-17-16(21)9-15-12-19(10-13-5-3-2-4-6-13)11-14-7-8-18-20(14)15/h2-8,15H,9-12H2,1H3,(H,17,21)/t15-/m0/s1. The third-order valence-electron chi connectivity index (χ3n) is 3.90. The molecule has 0 aliphatic carbocycles. The number of benzene rings is 1. The van der Waals surface area contributed by atoms with Crippen LogP contribution in [0.2, 0.25) is 0 Å². The highest BCUT2D eigenvalue weighted by molar-refractivity contribution is 5.76. The highest BCUT2D eigenvalue weighted by Crippen LogP contribution is 2.24. The summed E-state index contributed by atoms with van der Waals surface area (Å²) in [5.41, 5.74) is 2.47. The maximum Gasteiger partial charge on any atom is 0.221 e. The minimum atomic E-state index is 0.0583. The van der Waals surface area contributed by atoms with Crippen molar-refractivity contribution in [1.29, 1.82) is 0 Å². The first kappa shape index (κ1) is 13.8. The summed E-state index contributed by atoms with van der Waals surface area (Å²) >= 11 is 0. The third-order valence-corrected chi connectivity index (χ3v) is 3.90. The van der Waals surface area contributed by atoms with Gasteiger partial charge in [-0.15, -0.1) is 0 Å². The molecule has 1 aromatic heterocycles. The summed E-state index contributed by atoms with van der Waals surface area (Å²) in [6.07, 6.45) is 2.29. The van der Waals surface area contributed by atoms with Crippen LogP contribution in [0.1, 0.15) is 23.7 Å². The first-order valence-electron chi connectivity index (χ1n) is 7.25. The molecule has 0 spiro atoms. The van der Waals surface area contributed by atoms with Gasteiger partial charge in [0, 0.05) is 32.9 Å². The number of hydrogen-bond acceptors (Lipinski definition) is 3. The molecule has 21 heavy (non-hydrogen) atoms. The molecule has 1 atom stereocenters. The van der Waals surface area contributed by atoms with E-state index in [2.05, 4.69) is 39.6 Å². The minimum absolute atomic E-state index is 0.0583. The van der Waals surface area contributed by atoms with Crippen molar-refractivity contribution < 1.29 is 4.79 Å². The summed E-state index contributed by atoms with van der Waals surface area (Å²) in [4.78, 5) is 14.1. The number of fused-ring (bicyclic) bond motifs is 1. The van der Waals surface area contributed by atoms with Crippen molar-refractivity contribution >= 4 is 5.91 Å². The van der Waals surface area contributed by atoms with Crippen molar-refractivity contribution in [2.24, 2.45) is 0 Å². The van der Waals surface area contributed by atoms with E-state index in [0.717, 1.165) is 19.6 Å². The first-order chi connectivity index (χ1) is 10.3. The lowest BCUT2D eigenvalue weighted by Gasteiger charge is -2.33. The van der Waals surface area contributed by atoms with Gasteiger partial charge in [-0.3, -0.25) is 14.4 Å². The van der Waals surface area contributed by atoms with E-state index in [4.69, 9.17) is 0 Å². The largest absolute Gasteiger partial charge is 0.359 e. The van der Waals surface area contributed by atoms with E-state index in [-0.39, 0.29) is 11.9 Å². The van der Waals surface area contributed by atoms with Gasteiger partial charge in [0.15, 0.2) is 0 Å². The summed E-state index contributed by atoms with van der Waals surface area (Å²) in [7, 11) is 1.68. The van der Waals surface area contributed by atoms with Crippen LogP contribution in [0.4, 0.5) is 0 Å². The number of aromatic nitrogens is 2. The van der Waals surface area contributed by atoms with Gasteiger partial charge in [-0.1, -0.05) is 30.3 Å². The van der Waals surface area contributed by atoms with Gasteiger partial charge in [0.05, 0.1) is 18.2 Å². The van der Waals surface area contributed by atoms with Crippen molar-refractivity contribution in [3.8, 4) is 0 Å². The molecule has 2 heterocycles. The van der Waals surface area contributed by atoms with Crippen molar-refractivity contribution in [2.45, 2.75) is 25.6 Å². The Morgan fingerprint density at radius 2 is 2.14 bits per heavy atom. The van der Waals surface area contributed by atoms with Crippen LogP contribution in [-0.2, 0) is 17.9 Å². The third kappa shape index (κ3) is 3.13. The smallest absolute Gasteiger partial charge is 0.221 e. The number of hydrogen-bond donors (Lipinski definition) is 1. The summed E-state index contributed by atoms with van der Waals surface area (Å²) < 4.78 is 2.00.